The second-order valence-corrected chi connectivity index (χ2v) is 5.59. The lowest BCUT2D eigenvalue weighted by Crippen LogP contribution is -2.08. The van der Waals surface area contributed by atoms with E-state index in [-0.39, 0.29) is 6.10 Å². The van der Waals surface area contributed by atoms with Gasteiger partial charge in [-0.15, -0.1) is 0 Å². The fourth-order valence-corrected chi connectivity index (χ4v) is 2.26. The predicted molar refractivity (Wildman–Crippen MR) is 82.8 cm³/mol. The quantitative estimate of drug-likeness (QED) is 0.618. The van der Waals surface area contributed by atoms with Gasteiger partial charge in [-0.2, -0.15) is 0 Å². The molecule has 1 unspecified atom stereocenters. The van der Waals surface area contributed by atoms with Crippen LogP contribution in [0, 0.1) is 0 Å². The van der Waals surface area contributed by atoms with Gasteiger partial charge < -0.3 is 0 Å². The molecule has 1 N–H and O–H groups in total. The van der Waals surface area contributed by atoms with E-state index in [1.807, 2.05) is 6.92 Å². The van der Waals surface area contributed by atoms with Crippen LogP contribution in [0.2, 0.25) is 0 Å². The molecule has 0 aliphatic rings. The zero-order valence-electron chi connectivity index (χ0n) is 12.3. The van der Waals surface area contributed by atoms with Crippen molar-refractivity contribution in [3.05, 3.63) is 59.7 Å². The largest absolute Gasteiger partial charge is 0.252 e. The fourth-order valence-electron chi connectivity index (χ4n) is 2.26. The molecule has 2 heteroatoms. The molecule has 0 fully saturated rings. The van der Waals surface area contributed by atoms with Gasteiger partial charge in [0.15, 0.2) is 0 Å². The van der Waals surface area contributed by atoms with Crippen LogP contribution >= 0.6 is 0 Å². The highest BCUT2D eigenvalue weighted by Gasteiger charge is 2.04. The highest BCUT2D eigenvalue weighted by molar-refractivity contribution is 5.64. The Bertz CT molecular complexity index is 526. The van der Waals surface area contributed by atoms with Crippen LogP contribution in [-0.4, -0.2) is 11.4 Å². The summed E-state index contributed by atoms with van der Waals surface area (Å²) in [5, 5.41) is 8.60. The maximum absolute atomic E-state index is 8.60. The van der Waals surface area contributed by atoms with Gasteiger partial charge in [0, 0.05) is 6.42 Å². The van der Waals surface area contributed by atoms with Crippen molar-refractivity contribution in [1.82, 2.24) is 0 Å². The van der Waals surface area contributed by atoms with Crippen LogP contribution in [0.1, 0.15) is 37.8 Å². The van der Waals surface area contributed by atoms with Gasteiger partial charge in [0.25, 0.3) is 0 Å². The van der Waals surface area contributed by atoms with Gasteiger partial charge in [0.05, 0.1) is 6.10 Å². The summed E-state index contributed by atoms with van der Waals surface area (Å²) in [7, 11) is 0. The molecule has 1 atom stereocenters. The topological polar surface area (TPSA) is 29.5 Å². The molecule has 0 heterocycles. The van der Waals surface area contributed by atoms with Crippen molar-refractivity contribution in [2.24, 2.45) is 0 Å². The first kappa shape index (κ1) is 14.8. The summed E-state index contributed by atoms with van der Waals surface area (Å²) in [5.41, 5.74) is 4.96. The molecule has 2 aromatic carbocycles. The molecule has 0 saturated carbocycles. The van der Waals surface area contributed by atoms with Gasteiger partial charge in [-0.05, 0) is 35.1 Å². The third-order valence-corrected chi connectivity index (χ3v) is 3.57. The van der Waals surface area contributed by atoms with Crippen LogP contribution in [0.4, 0.5) is 0 Å². The highest BCUT2D eigenvalue weighted by Crippen LogP contribution is 2.23. The summed E-state index contributed by atoms with van der Waals surface area (Å²) < 4.78 is 0. The summed E-state index contributed by atoms with van der Waals surface area (Å²) >= 11 is 0. The molecule has 0 saturated heterocycles. The second-order valence-electron chi connectivity index (χ2n) is 5.59. The maximum atomic E-state index is 8.60. The van der Waals surface area contributed by atoms with Gasteiger partial charge in [0.1, 0.15) is 0 Å². The lowest BCUT2D eigenvalue weighted by Gasteiger charge is -2.09. The number of benzene rings is 2. The Morgan fingerprint density at radius 3 is 1.80 bits per heavy atom. The third-order valence-electron chi connectivity index (χ3n) is 3.57. The molecule has 0 bridgehead atoms. The lowest BCUT2D eigenvalue weighted by molar-refractivity contribution is -0.273. The van der Waals surface area contributed by atoms with E-state index < -0.39 is 0 Å². The molecule has 0 amide bonds. The third kappa shape index (κ3) is 3.69. The first-order valence-electron chi connectivity index (χ1n) is 7.09. The summed E-state index contributed by atoms with van der Waals surface area (Å²) in [4.78, 5) is 4.30. The van der Waals surface area contributed by atoms with Crippen LogP contribution in [0.15, 0.2) is 48.5 Å². The Hall–Kier alpha value is -1.64. The summed E-state index contributed by atoms with van der Waals surface area (Å²) in [6, 6.07) is 17.1. The molecule has 2 nitrogen and oxygen atoms in total. The molecule has 20 heavy (non-hydrogen) atoms. The standard InChI is InChI=1S/C18H22O2/c1-13(2)16-8-10-18(11-9-16)17-6-4-15(5-7-17)12-14(3)20-19/h4-11,13-14,19H,12H2,1-3H3. The molecule has 106 valence electrons. The van der Waals surface area contributed by atoms with Crippen LogP contribution in [0.3, 0.4) is 0 Å². The van der Waals surface area contributed by atoms with Crippen molar-refractivity contribution in [1.29, 1.82) is 0 Å². The molecule has 0 spiro atoms. The minimum absolute atomic E-state index is 0.175. The van der Waals surface area contributed by atoms with E-state index in [1.54, 1.807) is 0 Å². The monoisotopic (exact) mass is 270 g/mol. The van der Waals surface area contributed by atoms with Crippen molar-refractivity contribution < 1.29 is 10.1 Å². The Morgan fingerprint density at radius 1 is 0.850 bits per heavy atom. The van der Waals surface area contributed by atoms with Crippen molar-refractivity contribution in [3.8, 4) is 11.1 Å². The average molecular weight is 270 g/mol. The minimum atomic E-state index is -0.175. The second kappa shape index (κ2) is 6.69. The van der Waals surface area contributed by atoms with Crippen molar-refractivity contribution >= 4 is 0 Å². The van der Waals surface area contributed by atoms with Gasteiger partial charge in [-0.25, -0.2) is 4.89 Å². The molecule has 0 aliphatic carbocycles. The van der Waals surface area contributed by atoms with Crippen molar-refractivity contribution in [2.75, 3.05) is 0 Å². The van der Waals surface area contributed by atoms with E-state index in [2.05, 4.69) is 67.3 Å². The fraction of sp³-hybridized carbons (Fsp3) is 0.333. The maximum Gasteiger partial charge on any atom is 0.0939 e. The molecular weight excluding hydrogens is 248 g/mol. The first-order chi connectivity index (χ1) is 9.60. The normalized spacial score (nSPS) is 12.7. The van der Waals surface area contributed by atoms with Crippen LogP contribution in [-0.2, 0) is 11.3 Å². The Morgan fingerprint density at radius 2 is 1.35 bits per heavy atom. The van der Waals surface area contributed by atoms with E-state index in [1.165, 1.54) is 16.7 Å². The molecule has 0 radical (unpaired) electrons. The number of rotatable bonds is 5. The summed E-state index contributed by atoms with van der Waals surface area (Å²) in [6.45, 7) is 6.25. The van der Waals surface area contributed by atoms with Crippen LogP contribution < -0.4 is 0 Å². The SMILES string of the molecule is CC(Cc1ccc(-c2ccc(C(C)C)cc2)cc1)OO. The number of hydrogen-bond donors (Lipinski definition) is 1. The summed E-state index contributed by atoms with van der Waals surface area (Å²) in [6.07, 6.45) is 0.537. The first-order valence-corrected chi connectivity index (χ1v) is 7.09. The zero-order chi connectivity index (χ0) is 14.5. The Kier molecular flexibility index (Phi) is 4.94. The smallest absolute Gasteiger partial charge is 0.0939 e. The Balaban J connectivity index is 2.13. The Labute approximate surface area is 121 Å². The van der Waals surface area contributed by atoms with Gasteiger partial charge >= 0.3 is 0 Å². The lowest BCUT2D eigenvalue weighted by atomic mass is 9.97. The van der Waals surface area contributed by atoms with Crippen LogP contribution in [0.25, 0.3) is 11.1 Å². The molecular formula is C18H22O2. The van der Waals surface area contributed by atoms with Crippen LogP contribution in [0.5, 0.6) is 0 Å². The molecule has 2 rings (SSSR count). The van der Waals surface area contributed by atoms with Crippen molar-refractivity contribution in [2.45, 2.75) is 39.2 Å². The van der Waals surface area contributed by atoms with E-state index in [0.717, 1.165) is 5.56 Å². The molecule has 0 aliphatic heterocycles. The summed E-state index contributed by atoms with van der Waals surface area (Å²) in [5.74, 6) is 0.561. The minimum Gasteiger partial charge on any atom is -0.252 e. The number of hydrogen-bond acceptors (Lipinski definition) is 2. The highest BCUT2D eigenvalue weighted by atomic mass is 17.1. The molecule has 2 aromatic rings. The molecule has 0 aromatic heterocycles. The van der Waals surface area contributed by atoms with E-state index >= 15 is 0 Å². The van der Waals surface area contributed by atoms with E-state index in [0.29, 0.717) is 12.3 Å². The van der Waals surface area contributed by atoms with E-state index in [9.17, 15) is 0 Å². The van der Waals surface area contributed by atoms with Gasteiger partial charge in [0.2, 0.25) is 0 Å². The average Bonchev–Trinajstić information content (AvgIpc) is 2.48. The zero-order valence-corrected chi connectivity index (χ0v) is 12.3. The van der Waals surface area contributed by atoms with Gasteiger partial charge in [-0.3, -0.25) is 5.26 Å². The van der Waals surface area contributed by atoms with Crippen molar-refractivity contribution in [3.63, 3.8) is 0 Å². The van der Waals surface area contributed by atoms with E-state index in [4.69, 9.17) is 5.26 Å². The predicted octanol–water partition coefficient (Wildman–Crippen LogP) is 4.90. The van der Waals surface area contributed by atoms with Gasteiger partial charge in [-0.1, -0.05) is 62.4 Å².